The van der Waals surface area contributed by atoms with Gasteiger partial charge in [0.1, 0.15) is 0 Å². The van der Waals surface area contributed by atoms with Crippen molar-refractivity contribution >= 4 is 22.4 Å². The minimum atomic E-state index is -0.0167. The van der Waals surface area contributed by atoms with E-state index in [1.807, 2.05) is 42.5 Å². The normalized spacial score (nSPS) is 12.3. The molecule has 0 fully saturated rings. The summed E-state index contributed by atoms with van der Waals surface area (Å²) in [4.78, 5) is 16.4. The van der Waals surface area contributed by atoms with Crippen molar-refractivity contribution < 1.29 is 14.3 Å². The minimum Gasteiger partial charge on any atom is -0.454 e. The van der Waals surface area contributed by atoms with E-state index in [2.05, 4.69) is 10.3 Å². The molecule has 5 heteroatoms. The van der Waals surface area contributed by atoms with Crippen molar-refractivity contribution in [1.29, 1.82) is 0 Å². The van der Waals surface area contributed by atoms with Gasteiger partial charge in [0.15, 0.2) is 11.5 Å². The molecule has 1 amide bonds. The molecule has 4 rings (SSSR count). The Morgan fingerprint density at radius 2 is 2.04 bits per heavy atom. The Morgan fingerprint density at radius 3 is 3.00 bits per heavy atom. The highest BCUT2D eigenvalue weighted by molar-refractivity contribution is 6.01. The lowest BCUT2D eigenvalue weighted by molar-refractivity contribution is -0.116. The molecule has 120 valence electrons. The summed E-state index contributed by atoms with van der Waals surface area (Å²) in [5.41, 5.74) is 1.86. The maximum Gasteiger partial charge on any atom is 0.231 e. The number of pyridine rings is 1. The van der Waals surface area contributed by atoms with Crippen molar-refractivity contribution in [3.05, 3.63) is 60.4 Å². The molecule has 0 aliphatic carbocycles. The molecular weight excluding hydrogens is 304 g/mol. The number of fused-ring (bicyclic) bond motifs is 2. The van der Waals surface area contributed by atoms with Crippen LogP contribution < -0.4 is 14.8 Å². The predicted molar refractivity (Wildman–Crippen MR) is 91.3 cm³/mol. The second-order valence-electron chi connectivity index (χ2n) is 5.64. The first-order chi connectivity index (χ1) is 11.8. The first-order valence-corrected chi connectivity index (χ1v) is 7.81. The molecule has 0 spiro atoms. The lowest BCUT2D eigenvalue weighted by Gasteiger charge is -2.09. The molecule has 0 saturated heterocycles. The second-order valence-corrected chi connectivity index (χ2v) is 5.64. The number of hydrogen-bond acceptors (Lipinski definition) is 4. The summed E-state index contributed by atoms with van der Waals surface area (Å²) < 4.78 is 10.7. The molecule has 0 bridgehead atoms. The Labute approximate surface area is 139 Å². The molecule has 0 radical (unpaired) electrons. The number of aryl methyl sites for hydroxylation is 1. The first-order valence-electron chi connectivity index (χ1n) is 7.81. The monoisotopic (exact) mass is 320 g/mol. The molecular formula is C19H16N2O3. The van der Waals surface area contributed by atoms with Crippen LogP contribution in [0.15, 0.2) is 54.9 Å². The Morgan fingerprint density at radius 1 is 1.12 bits per heavy atom. The van der Waals surface area contributed by atoms with E-state index >= 15 is 0 Å². The van der Waals surface area contributed by atoms with Gasteiger partial charge in [0, 0.05) is 35.3 Å². The van der Waals surface area contributed by atoms with Crippen LogP contribution in [-0.2, 0) is 11.2 Å². The molecule has 1 N–H and O–H groups in total. The molecule has 0 atom stereocenters. The van der Waals surface area contributed by atoms with E-state index in [9.17, 15) is 4.79 Å². The van der Waals surface area contributed by atoms with Crippen LogP contribution in [-0.4, -0.2) is 17.7 Å². The summed E-state index contributed by atoms with van der Waals surface area (Å²) in [5, 5.41) is 4.98. The van der Waals surface area contributed by atoms with Gasteiger partial charge in [-0.05, 0) is 36.2 Å². The summed E-state index contributed by atoms with van der Waals surface area (Å²) in [6.07, 6.45) is 4.57. The third-order valence-corrected chi connectivity index (χ3v) is 4.03. The first kappa shape index (κ1) is 14.5. The molecule has 3 aromatic rings. The van der Waals surface area contributed by atoms with Crippen LogP contribution >= 0.6 is 0 Å². The molecule has 1 aliphatic rings. The summed E-state index contributed by atoms with van der Waals surface area (Å²) in [6, 6.07) is 13.5. The number of nitrogens with zero attached hydrogens (tertiary/aromatic N) is 1. The van der Waals surface area contributed by atoms with Crippen LogP contribution in [0.1, 0.15) is 12.0 Å². The van der Waals surface area contributed by atoms with Crippen LogP contribution in [0, 0.1) is 0 Å². The van der Waals surface area contributed by atoms with Crippen LogP contribution in [0.5, 0.6) is 11.5 Å². The van der Waals surface area contributed by atoms with Gasteiger partial charge >= 0.3 is 0 Å². The Kier molecular flexibility index (Phi) is 3.75. The average molecular weight is 320 g/mol. The Hall–Kier alpha value is -3.08. The molecule has 1 aliphatic heterocycles. The second kappa shape index (κ2) is 6.20. The summed E-state index contributed by atoms with van der Waals surface area (Å²) in [5.74, 6) is 1.49. The Bertz CT molecular complexity index is 903. The van der Waals surface area contributed by atoms with Crippen molar-refractivity contribution in [2.75, 3.05) is 12.1 Å². The third-order valence-electron chi connectivity index (χ3n) is 4.03. The smallest absolute Gasteiger partial charge is 0.231 e. The topological polar surface area (TPSA) is 60.5 Å². The zero-order valence-corrected chi connectivity index (χ0v) is 13.0. The van der Waals surface area contributed by atoms with Gasteiger partial charge in [0.25, 0.3) is 0 Å². The number of carbonyl (C=O) groups excluding carboxylic acids is 1. The number of ether oxygens (including phenoxy) is 2. The number of anilines is 1. The van der Waals surface area contributed by atoms with Crippen LogP contribution in [0.25, 0.3) is 10.8 Å². The van der Waals surface area contributed by atoms with E-state index in [0.717, 1.165) is 33.5 Å². The van der Waals surface area contributed by atoms with E-state index in [4.69, 9.17) is 9.47 Å². The fourth-order valence-electron chi connectivity index (χ4n) is 2.80. The zero-order valence-electron chi connectivity index (χ0n) is 13.0. The quantitative estimate of drug-likeness (QED) is 0.799. The summed E-state index contributed by atoms with van der Waals surface area (Å²) >= 11 is 0. The van der Waals surface area contributed by atoms with Gasteiger partial charge in [-0.15, -0.1) is 0 Å². The van der Waals surface area contributed by atoms with Gasteiger partial charge in [0.05, 0.1) is 0 Å². The lowest BCUT2D eigenvalue weighted by Crippen LogP contribution is -2.12. The van der Waals surface area contributed by atoms with E-state index in [1.54, 1.807) is 12.4 Å². The molecule has 2 aromatic carbocycles. The number of hydrogen-bond donors (Lipinski definition) is 1. The van der Waals surface area contributed by atoms with Gasteiger partial charge in [-0.3, -0.25) is 9.78 Å². The molecule has 1 aromatic heterocycles. The minimum absolute atomic E-state index is 0.0167. The molecule has 2 heterocycles. The van der Waals surface area contributed by atoms with Crippen LogP contribution in [0.4, 0.5) is 5.69 Å². The number of aromatic nitrogens is 1. The van der Waals surface area contributed by atoms with E-state index < -0.39 is 0 Å². The van der Waals surface area contributed by atoms with E-state index in [-0.39, 0.29) is 12.7 Å². The highest BCUT2D eigenvalue weighted by Gasteiger charge is 2.13. The van der Waals surface area contributed by atoms with E-state index in [0.29, 0.717) is 12.8 Å². The van der Waals surface area contributed by atoms with Crippen molar-refractivity contribution in [1.82, 2.24) is 4.98 Å². The van der Waals surface area contributed by atoms with Gasteiger partial charge in [-0.25, -0.2) is 0 Å². The molecule has 24 heavy (non-hydrogen) atoms. The number of carbonyl (C=O) groups is 1. The highest BCUT2D eigenvalue weighted by Crippen LogP contribution is 2.32. The number of rotatable bonds is 4. The SMILES string of the molecule is O=C(CCc1ccc2c(c1)OCO2)Nc1cccc2cnccc12. The molecule has 5 nitrogen and oxygen atoms in total. The summed E-state index contributed by atoms with van der Waals surface area (Å²) in [6.45, 7) is 0.259. The standard InChI is InChI=1S/C19H16N2O3/c22-19(7-5-13-4-6-17-18(10-13)24-12-23-17)21-16-3-1-2-14-11-20-9-8-15(14)16/h1-4,6,8-11H,5,7,12H2,(H,21,22). The van der Waals surface area contributed by atoms with Crippen molar-refractivity contribution in [2.45, 2.75) is 12.8 Å². The zero-order chi connectivity index (χ0) is 16.4. The van der Waals surface area contributed by atoms with Crippen molar-refractivity contribution in [3.63, 3.8) is 0 Å². The van der Waals surface area contributed by atoms with E-state index in [1.165, 1.54) is 0 Å². The van der Waals surface area contributed by atoms with Gasteiger partial charge in [0.2, 0.25) is 12.7 Å². The number of amides is 1. The molecule has 0 unspecified atom stereocenters. The maximum atomic E-state index is 12.3. The van der Waals surface area contributed by atoms with Gasteiger partial charge in [-0.1, -0.05) is 18.2 Å². The maximum absolute atomic E-state index is 12.3. The lowest BCUT2D eigenvalue weighted by atomic mass is 10.1. The van der Waals surface area contributed by atoms with Crippen LogP contribution in [0.3, 0.4) is 0 Å². The predicted octanol–water partition coefficient (Wildman–Crippen LogP) is 3.53. The Balaban J connectivity index is 1.43. The molecule has 0 saturated carbocycles. The van der Waals surface area contributed by atoms with Gasteiger partial charge < -0.3 is 14.8 Å². The average Bonchev–Trinajstić information content (AvgIpc) is 3.08. The fraction of sp³-hybridized carbons (Fsp3) is 0.158. The van der Waals surface area contributed by atoms with Crippen LogP contribution in [0.2, 0.25) is 0 Å². The largest absolute Gasteiger partial charge is 0.454 e. The van der Waals surface area contributed by atoms with Gasteiger partial charge in [-0.2, -0.15) is 0 Å². The number of benzene rings is 2. The third kappa shape index (κ3) is 2.88. The number of nitrogens with one attached hydrogen (secondary N) is 1. The van der Waals surface area contributed by atoms with Crippen molar-refractivity contribution in [3.8, 4) is 11.5 Å². The highest BCUT2D eigenvalue weighted by atomic mass is 16.7. The van der Waals surface area contributed by atoms with Crippen molar-refractivity contribution in [2.24, 2.45) is 0 Å². The summed E-state index contributed by atoms with van der Waals surface area (Å²) in [7, 11) is 0. The fourth-order valence-corrected chi connectivity index (χ4v) is 2.80.